The van der Waals surface area contributed by atoms with E-state index in [4.69, 9.17) is 5.73 Å². The van der Waals surface area contributed by atoms with E-state index in [-0.39, 0.29) is 24.8 Å². The highest BCUT2D eigenvalue weighted by Gasteiger charge is 1.86. The molecular weight excluding hydrogens is 183 g/mol. The molecule has 2 nitrogen and oxygen atoms in total. The van der Waals surface area contributed by atoms with E-state index >= 15 is 0 Å². The first-order chi connectivity index (χ1) is 4.43. The van der Waals surface area contributed by atoms with Crippen LogP contribution in [0, 0.1) is 0 Å². The van der Waals surface area contributed by atoms with Crippen LogP contribution in [-0.2, 0) is 6.42 Å². The Morgan fingerprint density at radius 2 is 2.00 bits per heavy atom. The third-order valence-corrected chi connectivity index (χ3v) is 1.13. The number of nitrogens with zero attached hydrogens (tertiary/aromatic N) is 1. The maximum atomic E-state index is 5.32. The first kappa shape index (κ1) is 13.3. The molecule has 0 amide bonds. The predicted octanol–water partition coefficient (Wildman–Crippen LogP) is -5.41. The maximum Gasteiger partial charge on any atom is 0.0416 e. The molecule has 0 aliphatic carbocycles. The van der Waals surface area contributed by atoms with E-state index in [2.05, 4.69) is 4.98 Å². The van der Waals surface area contributed by atoms with Crippen molar-refractivity contribution < 1.29 is 24.8 Å². The zero-order chi connectivity index (χ0) is 6.53. The Morgan fingerprint density at radius 1 is 1.27 bits per heavy atom. The van der Waals surface area contributed by atoms with Crippen molar-refractivity contribution in [2.45, 2.75) is 6.42 Å². The minimum atomic E-state index is 0. The Kier molecular flexibility index (Phi) is 9.42. The van der Waals surface area contributed by atoms with Gasteiger partial charge in [0, 0.05) is 18.3 Å². The Hall–Kier alpha value is -0.310. The van der Waals surface area contributed by atoms with Crippen LogP contribution >= 0.6 is 0 Å². The van der Waals surface area contributed by atoms with Crippen LogP contribution in [0.2, 0.25) is 0 Å². The molecule has 0 fully saturated rings. The van der Waals surface area contributed by atoms with Gasteiger partial charge >= 0.3 is 0 Å². The van der Waals surface area contributed by atoms with Gasteiger partial charge in [-0.05, 0) is 18.7 Å². The summed E-state index contributed by atoms with van der Waals surface area (Å²) in [5.74, 6) is 0. The normalized spacial score (nSPS) is 7.73. The largest absolute Gasteiger partial charge is 1.00 e. The van der Waals surface area contributed by atoms with Crippen molar-refractivity contribution in [1.29, 1.82) is 0 Å². The lowest BCUT2D eigenvalue weighted by atomic mass is 10.3. The van der Waals surface area contributed by atoms with E-state index in [1.54, 1.807) is 6.20 Å². The van der Waals surface area contributed by atoms with Crippen molar-refractivity contribution in [2.24, 2.45) is 5.73 Å². The number of pyridine rings is 1. The Morgan fingerprint density at radius 3 is 2.45 bits per heavy atom. The number of hydrogen-bond acceptors (Lipinski definition) is 2. The van der Waals surface area contributed by atoms with Crippen molar-refractivity contribution in [3.63, 3.8) is 0 Å². The molecule has 1 aromatic heterocycles. The third-order valence-electron chi connectivity index (χ3n) is 1.13. The molecule has 2 N–H and O–H groups in total. The van der Waals surface area contributed by atoms with Crippen LogP contribution in [0.15, 0.2) is 24.4 Å². The SMILES string of the molecule is NCCc1ccccn1.[Cl-].[Cl-]. The summed E-state index contributed by atoms with van der Waals surface area (Å²) < 4.78 is 0. The maximum absolute atomic E-state index is 5.32. The molecule has 1 aromatic rings. The van der Waals surface area contributed by atoms with Crippen molar-refractivity contribution in [1.82, 2.24) is 4.98 Å². The van der Waals surface area contributed by atoms with Gasteiger partial charge in [-0.15, -0.1) is 0 Å². The molecule has 0 spiro atoms. The van der Waals surface area contributed by atoms with Gasteiger partial charge in [-0.1, -0.05) is 6.07 Å². The minimum absolute atomic E-state index is 0. The molecule has 64 valence electrons. The molecule has 11 heavy (non-hydrogen) atoms. The second kappa shape index (κ2) is 7.79. The summed E-state index contributed by atoms with van der Waals surface area (Å²) in [7, 11) is 0. The van der Waals surface area contributed by atoms with Gasteiger partial charge in [0.25, 0.3) is 0 Å². The first-order valence-corrected chi connectivity index (χ1v) is 3.03. The molecule has 1 rings (SSSR count). The fraction of sp³-hybridized carbons (Fsp3) is 0.286. The van der Waals surface area contributed by atoms with Crippen molar-refractivity contribution >= 4 is 0 Å². The van der Waals surface area contributed by atoms with Gasteiger partial charge in [-0.2, -0.15) is 0 Å². The fourth-order valence-electron chi connectivity index (χ4n) is 0.694. The topological polar surface area (TPSA) is 38.9 Å². The van der Waals surface area contributed by atoms with Crippen LogP contribution in [0.3, 0.4) is 0 Å². The van der Waals surface area contributed by atoms with E-state index in [0.29, 0.717) is 6.54 Å². The second-order valence-electron chi connectivity index (χ2n) is 1.86. The molecule has 0 unspecified atom stereocenters. The van der Waals surface area contributed by atoms with Crippen molar-refractivity contribution in [3.05, 3.63) is 30.1 Å². The Balaban J connectivity index is 0. The molecule has 0 saturated carbocycles. The summed E-state index contributed by atoms with van der Waals surface area (Å²) in [5, 5.41) is 0. The molecule has 0 aliphatic heterocycles. The van der Waals surface area contributed by atoms with Gasteiger partial charge in [-0.3, -0.25) is 4.98 Å². The van der Waals surface area contributed by atoms with E-state index in [9.17, 15) is 0 Å². The molecule has 0 atom stereocenters. The van der Waals surface area contributed by atoms with E-state index in [1.165, 1.54) is 0 Å². The third kappa shape index (κ3) is 5.01. The van der Waals surface area contributed by atoms with Gasteiger partial charge in [0.15, 0.2) is 0 Å². The number of rotatable bonds is 2. The summed E-state index contributed by atoms with van der Waals surface area (Å²) in [6.45, 7) is 0.678. The molecule has 0 aliphatic rings. The van der Waals surface area contributed by atoms with Crippen molar-refractivity contribution in [2.75, 3.05) is 6.54 Å². The number of aromatic nitrogens is 1. The van der Waals surface area contributed by atoms with Crippen LogP contribution in [0.1, 0.15) is 5.69 Å². The zero-order valence-corrected chi connectivity index (χ0v) is 7.52. The number of halogens is 2. The lowest BCUT2D eigenvalue weighted by Gasteiger charge is -1.92. The predicted molar refractivity (Wildman–Crippen MR) is 37.0 cm³/mol. The highest BCUT2D eigenvalue weighted by Crippen LogP contribution is 1.91. The zero-order valence-electron chi connectivity index (χ0n) is 6.00. The van der Waals surface area contributed by atoms with Crippen molar-refractivity contribution in [3.8, 4) is 0 Å². The van der Waals surface area contributed by atoms with E-state index < -0.39 is 0 Å². The van der Waals surface area contributed by atoms with Gasteiger partial charge < -0.3 is 30.5 Å². The summed E-state index contributed by atoms with van der Waals surface area (Å²) in [5.41, 5.74) is 6.39. The fourth-order valence-corrected chi connectivity index (χ4v) is 0.694. The summed E-state index contributed by atoms with van der Waals surface area (Å²) in [6.07, 6.45) is 2.66. The quantitative estimate of drug-likeness (QED) is 0.509. The standard InChI is InChI=1S/C7H10N2.2ClH/c8-5-4-7-3-1-2-6-9-7;;/h1-3,6H,4-5,8H2;2*1H/p-2. The lowest BCUT2D eigenvalue weighted by molar-refractivity contribution is -0.00100. The average molecular weight is 193 g/mol. The minimum Gasteiger partial charge on any atom is -1.00 e. The average Bonchev–Trinajstić information content (AvgIpc) is 1.91. The van der Waals surface area contributed by atoms with Crippen LogP contribution in [0.5, 0.6) is 0 Å². The molecular formula is C7H10Cl2N2-2. The molecule has 1 heterocycles. The number of nitrogens with two attached hydrogens (primary N) is 1. The smallest absolute Gasteiger partial charge is 0.0416 e. The molecule has 4 heteroatoms. The van der Waals surface area contributed by atoms with Crippen LogP contribution in [0.4, 0.5) is 0 Å². The highest BCUT2D eigenvalue weighted by atomic mass is 35.5. The second-order valence-corrected chi connectivity index (χ2v) is 1.86. The number of hydrogen-bond donors (Lipinski definition) is 1. The summed E-state index contributed by atoms with van der Waals surface area (Å²) in [4.78, 5) is 4.09. The van der Waals surface area contributed by atoms with Gasteiger partial charge in [0.1, 0.15) is 0 Å². The summed E-state index contributed by atoms with van der Waals surface area (Å²) >= 11 is 0. The van der Waals surface area contributed by atoms with Crippen LogP contribution in [0.25, 0.3) is 0 Å². The van der Waals surface area contributed by atoms with Crippen LogP contribution in [-0.4, -0.2) is 11.5 Å². The summed E-state index contributed by atoms with van der Waals surface area (Å²) in [6, 6.07) is 5.85. The van der Waals surface area contributed by atoms with Gasteiger partial charge in [0.05, 0.1) is 0 Å². The monoisotopic (exact) mass is 192 g/mol. The van der Waals surface area contributed by atoms with E-state index in [1.807, 2.05) is 18.2 Å². The van der Waals surface area contributed by atoms with E-state index in [0.717, 1.165) is 12.1 Å². The Labute approximate surface area is 79.0 Å². The lowest BCUT2D eigenvalue weighted by Crippen LogP contribution is -3.00. The molecule has 0 aromatic carbocycles. The molecule has 0 saturated heterocycles. The molecule has 0 radical (unpaired) electrons. The van der Waals surface area contributed by atoms with Gasteiger partial charge in [-0.25, -0.2) is 0 Å². The highest BCUT2D eigenvalue weighted by molar-refractivity contribution is 5.03. The van der Waals surface area contributed by atoms with Crippen LogP contribution < -0.4 is 30.5 Å². The Bertz CT molecular complexity index is 167. The first-order valence-electron chi connectivity index (χ1n) is 3.03. The van der Waals surface area contributed by atoms with Gasteiger partial charge in [0.2, 0.25) is 0 Å². The molecule has 0 bridgehead atoms.